The van der Waals surface area contributed by atoms with Crippen LogP contribution in [0.4, 0.5) is 0 Å². The van der Waals surface area contributed by atoms with Crippen LogP contribution in [-0.4, -0.2) is 13.6 Å². The van der Waals surface area contributed by atoms with E-state index in [0.29, 0.717) is 17.7 Å². The maximum Gasteiger partial charge on any atom is 0.242 e. The number of rotatable bonds is 4. The number of hydrogen-bond donors (Lipinski definition) is 1. The quantitative estimate of drug-likeness (QED) is 0.829. The molecule has 0 unspecified atom stereocenters. The van der Waals surface area contributed by atoms with Gasteiger partial charge in [0.2, 0.25) is 10.0 Å². The van der Waals surface area contributed by atoms with Crippen LogP contribution >= 0.6 is 15.9 Å². The van der Waals surface area contributed by atoms with Gasteiger partial charge in [-0.3, -0.25) is 0 Å². The highest BCUT2D eigenvalue weighted by molar-refractivity contribution is 9.10. The molecular formula is C16H19BrN2O4S. The lowest BCUT2D eigenvalue weighted by Gasteiger charge is -2.16. The van der Waals surface area contributed by atoms with Crippen molar-refractivity contribution in [3.63, 3.8) is 0 Å². The van der Waals surface area contributed by atoms with Crippen LogP contribution in [0.25, 0.3) is 0 Å². The lowest BCUT2D eigenvalue weighted by atomic mass is 9.90. The predicted octanol–water partition coefficient (Wildman–Crippen LogP) is 3.24. The van der Waals surface area contributed by atoms with Gasteiger partial charge < -0.3 is 9.26 Å². The number of aromatic nitrogens is 1. The van der Waals surface area contributed by atoms with Gasteiger partial charge in [-0.1, -0.05) is 25.9 Å². The van der Waals surface area contributed by atoms with Crippen LogP contribution in [0.2, 0.25) is 0 Å². The molecule has 0 bridgehead atoms. The van der Waals surface area contributed by atoms with Crippen molar-refractivity contribution in [1.82, 2.24) is 9.88 Å². The minimum absolute atomic E-state index is 0.123. The van der Waals surface area contributed by atoms with Gasteiger partial charge in [0.15, 0.2) is 0 Å². The molecule has 3 rings (SSSR count). The average molecular weight is 415 g/mol. The van der Waals surface area contributed by atoms with Gasteiger partial charge in [-0.15, -0.1) is 0 Å². The lowest BCUT2D eigenvalue weighted by molar-refractivity contribution is 0.134. The van der Waals surface area contributed by atoms with Gasteiger partial charge in [0.05, 0.1) is 23.8 Å². The van der Waals surface area contributed by atoms with Crippen LogP contribution in [0.5, 0.6) is 0 Å². The Morgan fingerprint density at radius 2 is 1.92 bits per heavy atom. The Labute approximate surface area is 149 Å². The molecule has 0 saturated heterocycles. The molecule has 6 nitrogen and oxygen atoms in total. The topological polar surface area (TPSA) is 81.4 Å². The number of halogens is 1. The van der Waals surface area contributed by atoms with E-state index in [9.17, 15) is 8.42 Å². The second-order valence-corrected chi connectivity index (χ2v) is 9.40. The predicted molar refractivity (Wildman–Crippen MR) is 91.9 cm³/mol. The summed E-state index contributed by atoms with van der Waals surface area (Å²) >= 11 is 3.35. The zero-order chi connectivity index (χ0) is 17.5. The minimum Gasteiger partial charge on any atom is -0.372 e. The third kappa shape index (κ3) is 3.42. The number of benzene rings is 1. The van der Waals surface area contributed by atoms with E-state index in [1.165, 1.54) is 6.26 Å². The van der Waals surface area contributed by atoms with Gasteiger partial charge in [0, 0.05) is 22.0 Å². The summed E-state index contributed by atoms with van der Waals surface area (Å²) in [5.74, 6) is 0. The van der Waals surface area contributed by atoms with Gasteiger partial charge in [-0.2, -0.15) is 0 Å². The number of nitrogens with one attached hydrogen (secondary N) is 1. The van der Waals surface area contributed by atoms with E-state index < -0.39 is 10.0 Å². The van der Waals surface area contributed by atoms with Crippen LogP contribution in [0.15, 0.2) is 32.3 Å². The summed E-state index contributed by atoms with van der Waals surface area (Å²) in [5.41, 5.74) is 3.16. The van der Waals surface area contributed by atoms with E-state index >= 15 is 0 Å². The summed E-state index contributed by atoms with van der Waals surface area (Å²) in [4.78, 5) is 0.209. The number of hydrogen-bond acceptors (Lipinski definition) is 5. The number of fused-ring (bicyclic) bond motifs is 1. The van der Waals surface area contributed by atoms with Crippen molar-refractivity contribution in [2.45, 2.75) is 50.8 Å². The molecule has 1 aromatic heterocycles. The summed E-state index contributed by atoms with van der Waals surface area (Å²) in [7, 11) is -3.67. The Morgan fingerprint density at radius 1 is 1.25 bits per heavy atom. The highest BCUT2D eigenvalue weighted by atomic mass is 79.9. The molecule has 1 N–H and O–H groups in total. The normalized spacial score (nSPS) is 14.8. The Hall–Kier alpha value is -1.22. The molecule has 0 fully saturated rings. The molecule has 2 aromatic rings. The Morgan fingerprint density at radius 3 is 2.58 bits per heavy atom. The Kier molecular flexibility index (Phi) is 4.59. The third-order valence-corrected chi connectivity index (χ3v) is 6.22. The van der Waals surface area contributed by atoms with Crippen LogP contribution in [0.3, 0.4) is 0 Å². The Bertz CT molecular complexity index is 869. The first-order valence-electron chi connectivity index (χ1n) is 7.51. The van der Waals surface area contributed by atoms with E-state index in [1.54, 1.807) is 12.1 Å². The minimum atomic E-state index is -3.67. The van der Waals surface area contributed by atoms with Crippen LogP contribution in [-0.2, 0) is 39.9 Å². The number of sulfonamides is 1. The fourth-order valence-electron chi connectivity index (χ4n) is 2.63. The van der Waals surface area contributed by atoms with Gasteiger partial charge >= 0.3 is 0 Å². The van der Waals surface area contributed by atoms with E-state index in [4.69, 9.17) is 9.26 Å². The highest BCUT2D eigenvalue weighted by Gasteiger charge is 2.25. The smallest absolute Gasteiger partial charge is 0.242 e. The third-order valence-electron chi connectivity index (χ3n) is 3.86. The van der Waals surface area contributed by atoms with Crippen molar-refractivity contribution < 1.29 is 17.7 Å². The molecule has 1 aliphatic heterocycles. The molecular weight excluding hydrogens is 396 g/mol. The maximum absolute atomic E-state index is 12.7. The molecule has 24 heavy (non-hydrogen) atoms. The molecule has 0 radical (unpaired) electrons. The summed E-state index contributed by atoms with van der Waals surface area (Å²) in [6.07, 6.45) is 1.48. The molecule has 8 heteroatoms. The SMILES string of the molecule is CC(C)(C)c1nocc1CNS(=O)(=O)c1cc2c(cc1Br)COC2. The molecule has 0 saturated carbocycles. The monoisotopic (exact) mass is 414 g/mol. The zero-order valence-corrected chi connectivity index (χ0v) is 16.1. The second-order valence-electron chi connectivity index (χ2n) is 6.81. The van der Waals surface area contributed by atoms with Crippen molar-refractivity contribution in [2.24, 2.45) is 0 Å². The van der Waals surface area contributed by atoms with Crippen LogP contribution in [0, 0.1) is 0 Å². The Balaban J connectivity index is 1.84. The first-order chi connectivity index (χ1) is 11.2. The molecule has 130 valence electrons. The van der Waals surface area contributed by atoms with Crippen LogP contribution < -0.4 is 4.72 Å². The van der Waals surface area contributed by atoms with Gasteiger partial charge in [-0.25, -0.2) is 13.1 Å². The first kappa shape index (κ1) is 17.6. The molecule has 2 heterocycles. The van der Waals surface area contributed by atoms with Crippen molar-refractivity contribution in [1.29, 1.82) is 0 Å². The molecule has 0 spiro atoms. The first-order valence-corrected chi connectivity index (χ1v) is 9.78. The number of nitrogens with zero attached hydrogens (tertiary/aromatic N) is 1. The summed E-state index contributed by atoms with van der Waals surface area (Å²) in [5, 5.41) is 3.99. The van der Waals surface area contributed by atoms with Crippen LogP contribution in [0.1, 0.15) is 43.2 Å². The standard InChI is InChI=1S/C16H19BrN2O4S/c1-16(2,3)15-12(9-23-19-15)6-18-24(20,21)14-5-11-8-22-7-10(11)4-13(14)17/h4-5,9,18H,6-8H2,1-3H3. The average Bonchev–Trinajstić information content (AvgIpc) is 3.11. The molecule has 0 aliphatic carbocycles. The van der Waals surface area contributed by atoms with Crippen molar-refractivity contribution in [3.8, 4) is 0 Å². The van der Waals surface area contributed by atoms with E-state index in [0.717, 1.165) is 22.4 Å². The fourth-order valence-corrected chi connectivity index (χ4v) is 4.78. The molecule has 0 atom stereocenters. The summed E-state index contributed by atoms with van der Waals surface area (Å²) in [6, 6.07) is 3.46. The summed E-state index contributed by atoms with van der Waals surface area (Å²) in [6.45, 7) is 7.07. The fraction of sp³-hybridized carbons (Fsp3) is 0.438. The zero-order valence-electron chi connectivity index (χ0n) is 13.7. The summed E-state index contributed by atoms with van der Waals surface area (Å²) < 4.78 is 38.9. The largest absolute Gasteiger partial charge is 0.372 e. The molecule has 0 amide bonds. The molecule has 1 aromatic carbocycles. The van der Waals surface area contributed by atoms with Crippen molar-refractivity contribution >= 4 is 26.0 Å². The van der Waals surface area contributed by atoms with E-state index in [-0.39, 0.29) is 16.9 Å². The van der Waals surface area contributed by atoms with Gasteiger partial charge in [0.1, 0.15) is 6.26 Å². The van der Waals surface area contributed by atoms with Crippen molar-refractivity contribution in [3.05, 3.63) is 45.3 Å². The number of ether oxygens (including phenoxy) is 1. The second kappa shape index (κ2) is 6.25. The van der Waals surface area contributed by atoms with E-state index in [2.05, 4.69) is 25.8 Å². The highest BCUT2D eigenvalue weighted by Crippen LogP contribution is 2.30. The lowest BCUT2D eigenvalue weighted by Crippen LogP contribution is -2.25. The maximum atomic E-state index is 12.7. The molecule has 1 aliphatic rings. The van der Waals surface area contributed by atoms with E-state index in [1.807, 2.05) is 20.8 Å². The van der Waals surface area contributed by atoms with Gasteiger partial charge in [0.25, 0.3) is 0 Å². The van der Waals surface area contributed by atoms with Crippen molar-refractivity contribution in [2.75, 3.05) is 0 Å². The van der Waals surface area contributed by atoms with Gasteiger partial charge in [-0.05, 0) is 39.2 Å².